The zero-order chi connectivity index (χ0) is 13.9. The molecule has 0 unspecified atom stereocenters. The molecule has 0 spiro atoms. The van der Waals surface area contributed by atoms with E-state index in [2.05, 4.69) is 9.97 Å². The summed E-state index contributed by atoms with van der Waals surface area (Å²) >= 11 is 0. The number of aromatic nitrogens is 2. The Kier molecular flexibility index (Phi) is 3.26. The Morgan fingerprint density at radius 2 is 1.90 bits per heavy atom. The topological polar surface area (TPSA) is 61.0 Å². The highest BCUT2D eigenvalue weighted by atomic mass is 19.1. The molecule has 0 amide bonds. The standard InChI is InChI=1S/C15H12FN3O/c16-12-7-11(6-5-10(12)8-17)20-15-9-18-13-3-1-2-4-14(13)19-15/h1-7,9H,8,17H2. The average Bonchev–Trinajstić information content (AvgIpc) is 2.47. The highest BCUT2D eigenvalue weighted by Crippen LogP contribution is 2.22. The van der Waals surface area contributed by atoms with Crippen molar-refractivity contribution in [3.05, 3.63) is 60.0 Å². The van der Waals surface area contributed by atoms with Crippen LogP contribution in [0.1, 0.15) is 5.56 Å². The summed E-state index contributed by atoms with van der Waals surface area (Å²) in [7, 11) is 0. The fourth-order valence-electron chi connectivity index (χ4n) is 1.87. The van der Waals surface area contributed by atoms with Gasteiger partial charge in [0.1, 0.15) is 11.6 Å². The largest absolute Gasteiger partial charge is 0.437 e. The van der Waals surface area contributed by atoms with E-state index in [1.807, 2.05) is 24.3 Å². The van der Waals surface area contributed by atoms with Crippen LogP contribution in [0.4, 0.5) is 4.39 Å². The minimum atomic E-state index is -0.390. The van der Waals surface area contributed by atoms with Gasteiger partial charge < -0.3 is 10.5 Å². The molecule has 1 heterocycles. The first-order valence-electron chi connectivity index (χ1n) is 6.14. The second-order valence-corrected chi connectivity index (χ2v) is 4.26. The number of rotatable bonds is 3. The first-order chi connectivity index (χ1) is 9.76. The van der Waals surface area contributed by atoms with E-state index in [0.717, 1.165) is 11.0 Å². The minimum Gasteiger partial charge on any atom is -0.437 e. The third-order valence-electron chi connectivity index (χ3n) is 2.89. The van der Waals surface area contributed by atoms with Crippen molar-refractivity contribution >= 4 is 11.0 Å². The second kappa shape index (κ2) is 5.22. The molecule has 100 valence electrons. The fraction of sp³-hybridized carbons (Fsp3) is 0.0667. The molecule has 20 heavy (non-hydrogen) atoms. The van der Waals surface area contributed by atoms with E-state index >= 15 is 0 Å². The molecule has 0 radical (unpaired) electrons. The Morgan fingerprint density at radius 1 is 1.10 bits per heavy atom. The van der Waals surface area contributed by atoms with Crippen LogP contribution >= 0.6 is 0 Å². The highest BCUT2D eigenvalue weighted by Gasteiger charge is 2.05. The van der Waals surface area contributed by atoms with Gasteiger partial charge in [0.25, 0.3) is 0 Å². The van der Waals surface area contributed by atoms with Crippen molar-refractivity contribution in [2.75, 3.05) is 0 Å². The molecule has 0 atom stereocenters. The Labute approximate surface area is 115 Å². The van der Waals surface area contributed by atoms with Crippen LogP contribution in [-0.4, -0.2) is 9.97 Å². The van der Waals surface area contributed by atoms with E-state index in [9.17, 15) is 4.39 Å². The number of benzene rings is 2. The van der Waals surface area contributed by atoms with Crippen LogP contribution in [0.3, 0.4) is 0 Å². The van der Waals surface area contributed by atoms with Crippen LogP contribution in [0.2, 0.25) is 0 Å². The summed E-state index contributed by atoms with van der Waals surface area (Å²) in [6.45, 7) is 0.155. The van der Waals surface area contributed by atoms with Gasteiger partial charge in [-0.2, -0.15) is 0 Å². The molecule has 2 N–H and O–H groups in total. The summed E-state index contributed by atoms with van der Waals surface area (Å²) in [6.07, 6.45) is 1.51. The Hall–Kier alpha value is -2.53. The van der Waals surface area contributed by atoms with Crippen LogP contribution < -0.4 is 10.5 Å². The Bertz CT molecular complexity index is 761. The summed E-state index contributed by atoms with van der Waals surface area (Å²) < 4.78 is 19.1. The van der Waals surface area contributed by atoms with Crippen molar-refractivity contribution in [1.82, 2.24) is 9.97 Å². The lowest BCUT2D eigenvalue weighted by atomic mass is 10.2. The Morgan fingerprint density at radius 3 is 2.65 bits per heavy atom. The van der Waals surface area contributed by atoms with Gasteiger partial charge >= 0.3 is 0 Å². The molecule has 0 aliphatic heterocycles. The third kappa shape index (κ3) is 2.44. The number of halogens is 1. The predicted molar refractivity (Wildman–Crippen MR) is 73.9 cm³/mol. The van der Waals surface area contributed by atoms with Gasteiger partial charge in [-0.3, -0.25) is 0 Å². The molecule has 0 aliphatic carbocycles. The van der Waals surface area contributed by atoms with Gasteiger partial charge in [0.05, 0.1) is 17.2 Å². The Balaban J connectivity index is 1.90. The van der Waals surface area contributed by atoms with E-state index in [1.54, 1.807) is 12.1 Å². The van der Waals surface area contributed by atoms with Crippen LogP contribution in [0, 0.1) is 5.82 Å². The molecule has 3 rings (SSSR count). The van der Waals surface area contributed by atoms with Gasteiger partial charge in [0.15, 0.2) is 0 Å². The van der Waals surface area contributed by atoms with Gasteiger partial charge in [0.2, 0.25) is 5.88 Å². The molecule has 3 aromatic rings. The maximum atomic E-state index is 13.6. The summed E-state index contributed by atoms with van der Waals surface area (Å²) in [5.74, 6) is 0.298. The van der Waals surface area contributed by atoms with Crippen molar-refractivity contribution in [3.63, 3.8) is 0 Å². The number of ether oxygens (including phenoxy) is 1. The number of hydrogen-bond acceptors (Lipinski definition) is 4. The molecule has 0 saturated heterocycles. The van der Waals surface area contributed by atoms with Crippen LogP contribution in [0.15, 0.2) is 48.7 Å². The summed E-state index contributed by atoms with van der Waals surface area (Å²) in [6, 6.07) is 12.0. The van der Waals surface area contributed by atoms with Crippen LogP contribution in [-0.2, 0) is 6.54 Å². The van der Waals surface area contributed by atoms with Gasteiger partial charge in [0, 0.05) is 18.2 Å². The maximum absolute atomic E-state index is 13.6. The van der Waals surface area contributed by atoms with Crippen molar-refractivity contribution < 1.29 is 9.13 Å². The van der Waals surface area contributed by atoms with Gasteiger partial charge in [-0.1, -0.05) is 18.2 Å². The predicted octanol–water partition coefficient (Wildman–Crippen LogP) is 3.02. The molecular weight excluding hydrogens is 257 g/mol. The molecule has 2 aromatic carbocycles. The van der Waals surface area contributed by atoms with Gasteiger partial charge in [-0.05, 0) is 18.2 Å². The van der Waals surface area contributed by atoms with E-state index in [-0.39, 0.29) is 6.54 Å². The smallest absolute Gasteiger partial charge is 0.238 e. The molecule has 0 bridgehead atoms. The monoisotopic (exact) mass is 269 g/mol. The molecule has 4 nitrogen and oxygen atoms in total. The van der Waals surface area contributed by atoms with Crippen LogP contribution in [0.5, 0.6) is 11.6 Å². The molecule has 0 fully saturated rings. The molecule has 0 saturated carbocycles. The van der Waals surface area contributed by atoms with Crippen molar-refractivity contribution in [2.45, 2.75) is 6.54 Å². The summed E-state index contributed by atoms with van der Waals surface area (Å²) in [5, 5.41) is 0. The highest BCUT2D eigenvalue weighted by molar-refractivity contribution is 5.74. The average molecular weight is 269 g/mol. The summed E-state index contributed by atoms with van der Waals surface area (Å²) in [5.41, 5.74) is 7.37. The number of para-hydroxylation sites is 2. The lowest BCUT2D eigenvalue weighted by Gasteiger charge is -2.07. The molecule has 5 heteroatoms. The zero-order valence-electron chi connectivity index (χ0n) is 10.6. The fourth-order valence-corrected chi connectivity index (χ4v) is 1.87. The second-order valence-electron chi connectivity index (χ2n) is 4.26. The number of fused-ring (bicyclic) bond motifs is 1. The van der Waals surface area contributed by atoms with Gasteiger partial charge in [-0.25, -0.2) is 14.4 Å². The first kappa shape index (κ1) is 12.5. The quantitative estimate of drug-likeness (QED) is 0.794. The normalized spacial score (nSPS) is 10.7. The van der Waals surface area contributed by atoms with Crippen molar-refractivity contribution in [1.29, 1.82) is 0 Å². The lowest BCUT2D eigenvalue weighted by Crippen LogP contribution is -2.00. The van der Waals surface area contributed by atoms with E-state index in [4.69, 9.17) is 10.5 Å². The minimum absolute atomic E-state index is 0.155. The van der Waals surface area contributed by atoms with E-state index in [1.165, 1.54) is 12.3 Å². The van der Waals surface area contributed by atoms with Crippen LogP contribution in [0.25, 0.3) is 11.0 Å². The SMILES string of the molecule is NCc1ccc(Oc2cnc3ccccc3n2)cc1F. The van der Waals surface area contributed by atoms with Crippen molar-refractivity contribution in [2.24, 2.45) is 5.73 Å². The number of hydrogen-bond donors (Lipinski definition) is 1. The van der Waals surface area contributed by atoms with Crippen molar-refractivity contribution in [3.8, 4) is 11.6 Å². The molecule has 0 aliphatic rings. The molecule has 1 aromatic heterocycles. The van der Waals surface area contributed by atoms with Gasteiger partial charge in [-0.15, -0.1) is 0 Å². The maximum Gasteiger partial charge on any atom is 0.238 e. The lowest BCUT2D eigenvalue weighted by molar-refractivity contribution is 0.457. The van der Waals surface area contributed by atoms with E-state index in [0.29, 0.717) is 17.2 Å². The molecular formula is C15H12FN3O. The third-order valence-corrected chi connectivity index (χ3v) is 2.89. The zero-order valence-corrected chi connectivity index (χ0v) is 10.6. The first-order valence-corrected chi connectivity index (χ1v) is 6.14. The number of nitrogens with zero attached hydrogens (tertiary/aromatic N) is 2. The number of nitrogens with two attached hydrogens (primary N) is 1. The van der Waals surface area contributed by atoms with E-state index < -0.39 is 5.82 Å². The summed E-state index contributed by atoms with van der Waals surface area (Å²) in [4.78, 5) is 8.54.